The maximum atomic E-state index is 11.8. The van der Waals surface area contributed by atoms with Crippen molar-refractivity contribution >= 4 is 12.1 Å². The van der Waals surface area contributed by atoms with Gasteiger partial charge in [-0.1, -0.05) is 13.3 Å². The number of carbonyl (C=O) groups excluding carboxylic acids is 1. The van der Waals surface area contributed by atoms with Crippen molar-refractivity contribution in [2.24, 2.45) is 5.92 Å². The zero-order valence-electron chi connectivity index (χ0n) is 12.9. The van der Waals surface area contributed by atoms with Crippen molar-refractivity contribution in [1.29, 1.82) is 0 Å². The summed E-state index contributed by atoms with van der Waals surface area (Å²) in [6, 6.07) is -0.605. The second-order valence-electron chi connectivity index (χ2n) is 5.91. The van der Waals surface area contributed by atoms with E-state index < -0.39 is 41.1 Å². The molecule has 0 spiro atoms. The van der Waals surface area contributed by atoms with Gasteiger partial charge in [-0.15, -0.1) is 0 Å². The van der Waals surface area contributed by atoms with Crippen LogP contribution in [0, 0.1) is 16.0 Å². The summed E-state index contributed by atoms with van der Waals surface area (Å²) in [4.78, 5) is 32.7. The molecule has 8 nitrogen and oxygen atoms in total. The third kappa shape index (κ3) is 9.64. The van der Waals surface area contributed by atoms with Gasteiger partial charge in [0.1, 0.15) is 5.60 Å². The van der Waals surface area contributed by atoms with E-state index in [1.54, 1.807) is 20.8 Å². The first kappa shape index (κ1) is 19.1. The van der Waals surface area contributed by atoms with Crippen molar-refractivity contribution in [1.82, 2.24) is 5.32 Å². The Morgan fingerprint density at radius 3 is 2.33 bits per heavy atom. The minimum absolute atomic E-state index is 0.374. The minimum atomic E-state index is -1.13. The lowest BCUT2D eigenvalue weighted by Crippen LogP contribution is -2.45. The molecule has 0 aromatic rings. The molecule has 21 heavy (non-hydrogen) atoms. The number of hydrogen-bond donors (Lipinski definition) is 2. The topological polar surface area (TPSA) is 119 Å². The molecule has 0 saturated heterocycles. The van der Waals surface area contributed by atoms with E-state index in [9.17, 15) is 19.7 Å². The van der Waals surface area contributed by atoms with E-state index in [0.717, 1.165) is 0 Å². The van der Waals surface area contributed by atoms with Crippen LogP contribution in [0.4, 0.5) is 4.79 Å². The van der Waals surface area contributed by atoms with E-state index >= 15 is 0 Å². The molecular weight excluding hydrogens is 280 g/mol. The van der Waals surface area contributed by atoms with Gasteiger partial charge in [0.05, 0.1) is 12.3 Å². The molecule has 1 amide bonds. The van der Waals surface area contributed by atoms with E-state index in [1.165, 1.54) is 0 Å². The third-order valence-electron chi connectivity index (χ3n) is 2.69. The van der Waals surface area contributed by atoms with E-state index in [-0.39, 0.29) is 6.42 Å². The zero-order chi connectivity index (χ0) is 16.6. The van der Waals surface area contributed by atoms with Crippen LogP contribution in [0.2, 0.25) is 0 Å². The van der Waals surface area contributed by atoms with Crippen LogP contribution >= 0.6 is 0 Å². The monoisotopic (exact) mass is 304 g/mol. The van der Waals surface area contributed by atoms with Gasteiger partial charge in [-0.05, 0) is 27.2 Å². The smallest absolute Gasteiger partial charge is 0.407 e. The number of hydrogen-bond acceptors (Lipinski definition) is 5. The Hall–Kier alpha value is -1.86. The molecule has 0 bridgehead atoms. The van der Waals surface area contributed by atoms with Crippen LogP contribution < -0.4 is 5.32 Å². The Morgan fingerprint density at radius 1 is 1.38 bits per heavy atom. The van der Waals surface area contributed by atoms with Crippen LogP contribution in [0.25, 0.3) is 0 Å². The first-order valence-electron chi connectivity index (χ1n) is 6.88. The number of carboxylic acids is 1. The largest absolute Gasteiger partial charge is 0.481 e. The standard InChI is InChI=1S/C13H24N2O6/c1-5-6-10(14-12(18)21-13(2,3)4)9(7-11(16)17)8-15(19)20/h9-10H,5-8H2,1-4H3,(H,14,18)(H,16,17). The summed E-state index contributed by atoms with van der Waals surface area (Å²) in [6.07, 6.45) is 0.0421. The number of nitrogens with zero attached hydrogens (tertiary/aromatic N) is 1. The lowest BCUT2D eigenvalue weighted by molar-refractivity contribution is -0.488. The van der Waals surface area contributed by atoms with E-state index in [0.29, 0.717) is 12.8 Å². The van der Waals surface area contributed by atoms with E-state index in [1.807, 2.05) is 6.92 Å². The van der Waals surface area contributed by atoms with Gasteiger partial charge in [-0.25, -0.2) is 4.79 Å². The number of aliphatic carboxylic acids is 1. The highest BCUT2D eigenvalue weighted by Gasteiger charge is 2.30. The average Bonchev–Trinajstić information content (AvgIpc) is 2.23. The highest BCUT2D eigenvalue weighted by molar-refractivity contribution is 5.69. The summed E-state index contributed by atoms with van der Waals surface area (Å²) in [7, 11) is 0. The van der Waals surface area contributed by atoms with Crippen LogP contribution in [0.3, 0.4) is 0 Å². The van der Waals surface area contributed by atoms with Gasteiger partial charge in [-0.3, -0.25) is 14.9 Å². The molecule has 0 saturated carbocycles. The van der Waals surface area contributed by atoms with Crippen LogP contribution in [0.15, 0.2) is 0 Å². The van der Waals surface area contributed by atoms with Gasteiger partial charge in [0.2, 0.25) is 6.54 Å². The molecule has 0 aliphatic heterocycles. The van der Waals surface area contributed by atoms with Crippen molar-refractivity contribution < 1.29 is 24.4 Å². The number of nitrogens with one attached hydrogen (secondary N) is 1. The van der Waals surface area contributed by atoms with Crippen LogP contribution in [0.1, 0.15) is 47.0 Å². The Balaban J connectivity index is 4.90. The quantitative estimate of drug-likeness (QED) is 0.523. The number of nitro groups is 1. The second kappa shape index (κ2) is 8.43. The van der Waals surface area contributed by atoms with Gasteiger partial charge in [0, 0.05) is 11.0 Å². The normalized spacial score (nSPS) is 14.1. The lowest BCUT2D eigenvalue weighted by Gasteiger charge is -2.26. The van der Waals surface area contributed by atoms with Gasteiger partial charge in [0.25, 0.3) is 0 Å². The number of rotatable bonds is 8. The Kier molecular flexibility index (Phi) is 7.69. The molecule has 0 aliphatic rings. The van der Waals surface area contributed by atoms with Crippen molar-refractivity contribution in [3.05, 3.63) is 10.1 Å². The molecule has 2 unspecified atom stereocenters. The lowest BCUT2D eigenvalue weighted by atomic mass is 9.92. The van der Waals surface area contributed by atoms with Crippen LogP contribution in [-0.2, 0) is 9.53 Å². The SMILES string of the molecule is CCCC(NC(=O)OC(C)(C)C)C(CC(=O)O)C[N+](=O)[O-]. The van der Waals surface area contributed by atoms with Crippen molar-refractivity contribution in [3.8, 4) is 0 Å². The summed E-state index contributed by atoms with van der Waals surface area (Å²) in [6.45, 7) is 6.45. The summed E-state index contributed by atoms with van der Waals surface area (Å²) < 4.78 is 5.11. The highest BCUT2D eigenvalue weighted by Crippen LogP contribution is 2.16. The Morgan fingerprint density at radius 2 is 1.95 bits per heavy atom. The van der Waals surface area contributed by atoms with E-state index in [2.05, 4.69) is 5.32 Å². The maximum absolute atomic E-state index is 11.8. The minimum Gasteiger partial charge on any atom is -0.481 e. The molecule has 8 heteroatoms. The summed E-state index contributed by atoms with van der Waals surface area (Å²) in [5.74, 6) is -1.90. The molecule has 0 aromatic heterocycles. The first-order valence-corrected chi connectivity index (χ1v) is 6.88. The molecule has 122 valence electrons. The molecule has 0 rings (SSSR count). The first-order chi connectivity index (χ1) is 9.55. The fourth-order valence-electron chi connectivity index (χ4n) is 1.95. The van der Waals surface area contributed by atoms with Gasteiger partial charge in [0.15, 0.2) is 0 Å². The predicted octanol–water partition coefficient (Wildman–Crippen LogP) is 2.05. The van der Waals surface area contributed by atoms with Crippen molar-refractivity contribution in [2.45, 2.75) is 58.6 Å². The van der Waals surface area contributed by atoms with E-state index in [4.69, 9.17) is 9.84 Å². The number of carbonyl (C=O) groups is 2. The van der Waals surface area contributed by atoms with Gasteiger partial charge >= 0.3 is 12.1 Å². The van der Waals surface area contributed by atoms with Crippen LogP contribution in [0.5, 0.6) is 0 Å². The maximum Gasteiger partial charge on any atom is 0.407 e. The number of amides is 1. The average molecular weight is 304 g/mol. The molecule has 2 atom stereocenters. The number of carboxylic acid groups (broad SMARTS) is 1. The van der Waals surface area contributed by atoms with Gasteiger partial charge in [-0.2, -0.15) is 0 Å². The third-order valence-corrected chi connectivity index (χ3v) is 2.69. The fourth-order valence-corrected chi connectivity index (χ4v) is 1.95. The molecule has 0 aromatic carbocycles. The zero-order valence-corrected chi connectivity index (χ0v) is 12.9. The molecule has 0 aliphatic carbocycles. The van der Waals surface area contributed by atoms with Crippen LogP contribution in [-0.4, -0.2) is 40.3 Å². The summed E-state index contributed by atoms with van der Waals surface area (Å²) >= 11 is 0. The Labute approximate surface area is 124 Å². The number of ether oxygens (including phenoxy) is 1. The molecule has 0 fully saturated rings. The fraction of sp³-hybridized carbons (Fsp3) is 0.846. The molecular formula is C13H24N2O6. The number of alkyl carbamates (subject to hydrolysis) is 1. The molecule has 2 N–H and O–H groups in total. The Bertz CT molecular complexity index is 361. The van der Waals surface area contributed by atoms with Gasteiger partial charge < -0.3 is 15.2 Å². The summed E-state index contributed by atoms with van der Waals surface area (Å²) in [5.41, 5.74) is -0.688. The predicted molar refractivity (Wildman–Crippen MR) is 75.7 cm³/mol. The molecule has 0 radical (unpaired) electrons. The summed E-state index contributed by atoms with van der Waals surface area (Å²) in [5, 5.41) is 22.1. The molecule has 0 heterocycles. The second-order valence-corrected chi connectivity index (χ2v) is 5.91. The van der Waals surface area contributed by atoms with Crippen molar-refractivity contribution in [2.75, 3.05) is 6.54 Å². The van der Waals surface area contributed by atoms with Crippen molar-refractivity contribution in [3.63, 3.8) is 0 Å². The highest BCUT2D eigenvalue weighted by atomic mass is 16.6.